The van der Waals surface area contributed by atoms with Crippen molar-refractivity contribution in [2.45, 2.75) is 207 Å². The molecule has 15 N–H and O–H groups in total. The molecule has 0 saturated carbocycles. The Bertz CT molecular complexity index is 2490. The maximum absolute atomic E-state index is 14.9. The third-order valence-corrected chi connectivity index (χ3v) is 17.2. The molecule has 5 aliphatic heterocycles. The average molecular weight is 1240 g/mol. The maximum atomic E-state index is 14.9. The Kier molecular flexibility index (Phi) is 28.7. The summed E-state index contributed by atoms with van der Waals surface area (Å²) in [5, 5.41) is 158. The van der Waals surface area contributed by atoms with Crippen LogP contribution in [0, 0.1) is 17.8 Å². The second kappa shape index (κ2) is 34.8. The number of ether oxygens (including phenoxy) is 5. The number of nitrogens with zero attached hydrogens (tertiary/aromatic N) is 2. The van der Waals surface area contributed by atoms with E-state index in [1.807, 2.05) is 43.3 Å². The highest BCUT2D eigenvalue weighted by molar-refractivity contribution is 5.80. The molecule has 3 unspecified atom stereocenters. The first kappa shape index (κ1) is 72.6. The molecule has 1 aromatic rings. The molecule has 0 spiro atoms. The van der Waals surface area contributed by atoms with Crippen LogP contribution < -0.4 is 5.32 Å². The van der Waals surface area contributed by atoms with Crippen molar-refractivity contribution in [3.63, 3.8) is 0 Å². The lowest BCUT2D eigenvalue weighted by Crippen LogP contribution is -2.69. The number of benzene rings is 1. The predicted molar refractivity (Wildman–Crippen MR) is 320 cm³/mol. The van der Waals surface area contributed by atoms with E-state index in [2.05, 4.69) is 10.2 Å². The first-order valence-corrected chi connectivity index (χ1v) is 30.7. The van der Waals surface area contributed by atoms with Gasteiger partial charge >= 0.3 is 5.97 Å². The van der Waals surface area contributed by atoms with Gasteiger partial charge in [-0.3, -0.25) is 14.5 Å². The number of hydrogen-bond donors (Lipinski definition) is 15. The molecular formula is C64H97N3O21. The largest absolute Gasteiger partial charge is 0.462 e. The number of rotatable bonds is 8. The Labute approximate surface area is 515 Å². The lowest BCUT2D eigenvalue weighted by Gasteiger charge is -2.48. The van der Waals surface area contributed by atoms with Crippen LogP contribution in [0.2, 0.25) is 0 Å². The third kappa shape index (κ3) is 21.6. The number of hydrogen-bond acceptors (Lipinski definition) is 23. The summed E-state index contributed by atoms with van der Waals surface area (Å²) in [7, 11) is 0. The molecule has 5 aliphatic rings. The van der Waals surface area contributed by atoms with Crippen LogP contribution in [0.1, 0.15) is 84.6 Å². The minimum Gasteiger partial charge on any atom is -0.462 e. The lowest BCUT2D eigenvalue weighted by atomic mass is 9.81. The van der Waals surface area contributed by atoms with Gasteiger partial charge in [-0.15, -0.1) is 0 Å². The molecule has 0 aromatic heterocycles. The highest BCUT2D eigenvalue weighted by atomic mass is 16.7. The van der Waals surface area contributed by atoms with E-state index in [-0.39, 0.29) is 44.7 Å². The molecule has 4 saturated heterocycles. The number of piperazine rings is 1. The standard InChI is InChI=1S/C64H97N3O21/c1-39-20-16-13-11-9-7-5-6-8-10-12-14-19-23-47(87-62-59(79)55(57(77)42(4)86-62)65-38-64(83)60(80)58(78)51(74)37-84-64)33-52-54(61(81)67-28-26-66(27-29-67)36-43-21-17-15-18-22-43)50(73)35-63(82,88-52)34-46(70)31-49(72)48(71)25-24-44(68)30-45(69)32-53(75)85-41(3)40(2)56(39)76/h5-23,39-42,44-52,54-60,62,65,68-74,76-80,82-83H,24-38H2,1-4H3/b6-5+,9-7+,10-8+,13-11+,14-12+,20-16+,23-19+/t39-,40-,41-,42+,44+,45+,46-,47-,48+,49+,50-,51+,52?,54?,55-,56+,57+,58-,59-,60-,62?,63+,64+/m0/s1. The van der Waals surface area contributed by atoms with Gasteiger partial charge in [0.15, 0.2) is 12.1 Å². The molecule has 494 valence electrons. The van der Waals surface area contributed by atoms with Crippen LogP contribution in [-0.4, -0.2) is 254 Å². The smallest absolute Gasteiger partial charge is 0.308 e. The van der Waals surface area contributed by atoms with Crippen molar-refractivity contribution in [1.82, 2.24) is 15.1 Å². The van der Waals surface area contributed by atoms with Crippen molar-refractivity contribution in [2.75, 3.05) is 39.3 Å². The van der Waals surface area contributed by atoms with Gasteiger partial charge in [0.25, 0.3) is 0 Å². The van der Waals surface area contributed by atoms with Crippen LogP contribution in [0.25, 0.3) is 0 Å². The molecule has 0 radical (unpaired) electrons. The van der Waals surface area contributed by atoms with Gasteiger partial charge in [-0.1, -0.05) is 129 Å². The van der Waals surface area contributed by atoms with Crippen molar-refractivity contribution < 1.29 is 105 Å². The summed E-state index contributed by atoms with van der Waals surface area (Å²) in [6, 6.07) is 8.49. The summed E-state index contributed by atoms with van der Waals surface area (Å²) >= 11 is 0. The van der Waals surface area contributed by atoms with Gasteiger partial charge in [0, 0.05) is 70.2 Å². The third-order valence-electron chi connectivity index (χ3n) is 17.2. The van der Waals surface area contributed by atoms with Gasteiger partial charge in [0.05, 0.1) is 98.7 Å². The molecule has 24 heteroatoms. The summed E-state index contributed by atoms with van der Waals surface area (Å²) in [5.74, 6) is -8.20. The molecule has 4 fully saturated rings. The van der Waals surface area contributed by atoms with Crippen LogP contribution in [0.5, 0.6) is 0 Å². The second-order valence-corrected chi connectivity index (χ2v) is 24.3. The monoisotopic (exact) mass is 1240 g/mol. The predicted octanol–water partition coefficient (Wildman–Crippen LogP) is -0.596. The Morgan fingerprint density at radius 2 is 1.25 bits per heavy atom. The fourth-order valence-electron chi connectivity index (χ4n) is 11.7. The number of aliphatic hydroxyl groups excluding tert-OH is 12. The average Bonchev–Trinajstić information content (AvgIpc) is 2.46. The van der Waals surface area contributed by atoms with Crippen molar-refractivity contribution in [3.8, 4) is 0 Å². The fraction of sp³-hybridized carbons (Fsp3) is 0.656. The second-order valence-electron chi connectivity index (χ2n) is 24.3. The molecule has 2 bridgehead atoms. The van der Waals surface area contributed by atoms with Crippen LogP contribution >= 0.6 is 0 Å². The van der Waals surface area contributed by atoms with Gasteiger partial charge < -0.3 is 105 Å². The number of allylic oxidation sites excluding steroid dienone is 12. The Morgan fingerprint density at radius 3 is 1.89 bits per heavy atom. The molecule has 0 aliphatic carbocycles. The molecule has 24 nitrogen and oxygen atoms in total. The number of cyclic esters (lactones) is 1. The quantitative estimate of drug-likeness (QED) is 0.145. The van der Waals surface area contributed by atoms with E-state index in [1.165, 1.54) is 6.92 Å². The Balaban J connectivity index is 1.27. The van der Waals surface area contributed by atoms with Crippen LogP contribution in [-0.2, 0) is 39.8 Å². The van der Waals surface area contributed by atoms with Crippen molar-refractivity contribution >= 4 is 11.9 Å². The Hall–Kier alpha value is -4.46. The van der Waals surface area contributed by atoms with Crippen LogP contribution in [0.3, 0.4) is 0 Å². The van der Waals surface area contributed by atoms with Crippen molar-refractivity contribution in [2.24, 2.45) is 17.8 Å². The van der Waals surface area contributed by atoms with E-state index < -0.39 is 184 Å². The van der Waals surface area contributed by atoms with Gasteiger partial charge in [0.2, 0.25) is 11.7 Å². The Morgan fingerprint density at radius 1 is 0.636 bits per heavy atom. The number of nitrogens with one attached hydrogen (secondary N) is 1. The van der Waals surface area contributed by atoms with Crippen LogP contribution in [0.15, 0.2) is 115 Å². The maximum Gasteiger partial charge on any atom is 0.308 e. The van der Waals surface area contributed by atoms with Crippen molar-refractivity contribution in [3.05, 3.63) is 121 Å². The molecule has 23 atom stereocenters. The molecule has 6 rings (SSSR count). The zero-order valence-corrected chi connectivity index (χ0v) is 50.7. The highest BCUT2D eigenvalue weighted by Gasteiger charge is 2.53. The van der Waals surface area contributed by atoms with E-state index in [0.717, 1.165) is 5.56 Å². The first-order valence-electron chi connectivity index (χ1n) is 30.7. The molecule has 1 amide bonds. The van der Waals surface area contributed by atoms with E-state index in [0.29, 0.717) is 19.6 Å². The van der Waals surface area contributed by atoms with Gasteiger partial charge in [0.1, 0.15) is 30.5 Å². The zero-order chi connectivity index (χ0) is 64.3. The first-order chi connectivity index (χ1) is 41.8. The zero-order valence-electron chi connectivity index (χ0n) is 50.7. The number of esters is 1. The summed E-state index contributed by atoms with van der Waals surface area (Å²) in [5.41, 5.74) is 1.09. The number of carbonyl (C=O) groups is 2. The summed E-state index contributed by atoms with van der Waals surface area (Å²) < 4.78 is 29.8. The van der Waals surface area contributed by atoms with E-state index in [1.54, 1.807) is 97.7 Å². The van der Waals surface area contributed by atoms with Gasteiger partial charge in [-0.2, -0.15) is 0 Å². The summed E-state index contributed by atoms with van der Waals surface area (Å²) in [6.45, 7) is 7.72. The summed E-state index contributed by atoms with van der Waals surface area (Å²) in [6.07, 6.45) is -2.85. The van der Waals surface area contributed by atoms with Crippen molar-refractivity contribution in [1.29, 1.82) is 0 Å². The van der Waals surface area contributed by atoms with Crippen LogP contribution in [0.4, 0.5) is 0 Å². The molecule has 1 aromatic carbocycles. The summed E-state index contributed by atoms with van der Waals surface area (Å²) in [4.78, 5) is 31.5. The number of carbonyl (C=O) groups excluding carboxylic acids is 2. The lowest BCUT2D eigenvalue weighted by molar-refractivity contribution is -0.323. The van der Waals surface area contributed by atoms with E-state index >= 15 is 0 Å². The molecule has 5 heterocycles. The normalized spacial score (nSPS) is 43.3. The van der Waals surface area contributed by atoms with Gasteiger partial charge in [-0.05, 0) is 38.7 Å². The van der Waals surface area contributed by atoms with E-state index in [4.69, 9.17) is 23.7 Å². The SMILES string of the molecule is C[C@@H]1[C@H](O)[C@@H](C)/C=C/C=C/C=C/C=C/C=C/C=C/C=C/[C@H](OC2O[C@H](C)[C@@H](O)[C@H](NC[C@@]3(O)OC[C@@H](O)[C@H](O)[C@@H]3O)[C@@H]2O)CC2O[C@](O)(C[C@@H](O)C[C@@H](O)[C@H](O)CC[C@@H](O)C[C@@H](O)CC(=O)O[C@H]1C)C[C@H](O)C2C(=O)N1CCN(Cc2ccccc2)CC1. The van der Waals surface area contributed by atoms with Gasteiger partial charge in [-0.25, -0.2) is 0 Å². The number of amides is 1. The number of aliphatic hydroxyl groups is 14. The minimum absolute atomic E-state index is 0.130. The number of fused-ring (bicyclic) bond motifs is 2. The molecule has 88 heavy (non-hydrogen) atoms. The topological polar surface area (TPSA) is 382 Å². The fourth-order valence-corrected chi connectivity index (χ4v) is 11.7. The van der Waals surface area contributed by atoms with E-state index in [9.17, 15) is 81.1 Å². The highest BCUT2D eigenvalue weighted by Crippen LogP contribution is 2.39. The molecular weight excluding hydrogens is 1150 g/mol. The minimum atomic E-state index is -2.47.